The Kier molecular flexibility index (Phi) is 3.54. The molecule has 0 amide bonds. The number of para-hydroxylation sites is 1. The summed E-state index contributed by atoms with van der Waals surface area (Å²) in [7, 11) is 0. The number of hydrogen-bond acceptors (Lipinski definition) is 2. The molecule has 4 rings (SSSR count). The van der Waals surface area contributed by atoms with Gasteiger partial charge >= 0.3 is 5.97 Å². The summed E-state index contributed by atoms with van der Waals surface area (Å²) in [4.78, 5) is 15.4. The summed E-state index contributed by atoms with van der Waals surface area (Å²) in [6, 6.07) is 15.8. The Hall–Kier alpha value is -3.07. The van der Waals surface area contributed by atoms with E-state index in [2.05, 4.69) is 29.3 Å². The number of nitrogens with one attached hydrogen (secondary N) is 1. The van der Waals surface area contributed by atoms with E-state index < -0.39 is 0 Å². The molecule has 0 bridgehead atoms. The molecule has 2 aromatic carbocycles. The van der Waals surface area contributed by atoms with Crippen molar-refractivity contribution in [3.63, 3.8) is 0 Å². The Bertz CT molecular complexity index is 992. The first kappa shape index (κ1) is 14.5. The summed E-state index contributed by atoms with van der Waals surface area (Å²) < 4.78 is 5.34. The van der Waals surface area contributed by atoms with Gasteiger partial charge in [-0.25, -0.2) is 4.79 Å². The van der Waals surface area contributed by atoms with Gasteiger partial charge in [-0.3, -0.25) is 0 Å². The number of carbonyl (C=O) groups excluding carboxylic acids is 1. The monoisotopic (exact) mass is 315 g/mol. The predicted octanol–water partition coefficient (Wildman–Crippen LogP) is 4.91. The summed E-state index contributed by atoms with van der Waals surface area (Å²) in [5, 5.41) is 1.16. The third kappa shape index (κ3) is 2.35. The quantitative estimate of drug-likeness (QED) is 0.683. The Morgan fingerprint density at radius 3 is 2.62 bits per heavy atom. The first-order valence-corrected chi connectivity index (χ1v) is 7.98. The van der Waals surface area contributed by atoms with Gasteiger partial charge in [-0.15, -0.1) is 0 Å². The van der Waals surface area contributed by atoms with Crippen LogP contribution in [-0.2, 0) is 4.74 Å². The van der Waals surface area contributed by atoms with Crippen molar-refractivity contribution in [2.75, 3.05) is 6.61 Å². The van der Waals surface area contributed by atoms with Gasteiger partial charge in [0, 0.05) is 22.2 Å². The molecular formula is C21H17NO2. The first-order chi connectivity index (χ1) is 11.8. The zero-order valence-electron chi connectivity index (χ0n) is 13.4. The molecule has 0 aliphatic carbocycles. The molecule has 1 aliphatic rings. The number of allylic oxidation sites excluding steroid dienone is 1. The number of ether oxygens (including phenoxy) is 1. The molecule has 0 atom stereocenters. The fraction of sp³-hybridized carbons (Fsp3) is 0.0952. The van der Waals surface area contributed by atoms with Gasteiger partial charge in [0.05, 0.1) is 5.56 Å². The maximum Gasteiger partial charge on any atom is 0.339 e. The number of cyclic esters (lactones) is 1. The number of carbonyl (C=O) groups is 1. The lowest BCUT2D eigenvalue weighted by Gasteiger charge is -2.18. The fourth-order valence-corrected chi connectivity index (χ4v) is 3.17. The van der Waals surface area contributed by atoms with Crippen LogP contribution in [0.15, 0.2) is 54.6 Å². The van der Waals surface area contributed by atoms with Crippen molar-refractivity contribution in [1.29, 1.82) is 0 Å². The highest BCUT2D eigenvalue weighted by Crippen LogP contribution is 2.31. The largest absolute Gasteiger partial charge is 0.457 e. The average Bonchev–Trinajstić information content (AvgIpc) is 2.95. The van der Waals surface area contributed by atoms with E-state index in [4.69, 9.17) is 4.74 Å². The molecule has 0 radical (unpaired) electrons. The number of rotatable bonds is 2. The topological polar surface area (TPSA) is 42.1 Å². The van der Waals surface area contributed by atoms with Crippen molar-refractivity contribution >= 4 is 34.6 Å². The molecule has 24 heavy (non-hydrogen) atoms. The summed E-state index contributed by atoms with van der Waals surface area (Å²) in [5.74, 6) is -0.254. The molecule has 118 valence electrons. The summed E-state index contributed by atoms with van der Waals surface area (Å²) in [6.07, 6.45) is 6.20. The zero-order chi connectivity index (χ0) is 16.5. The summed E-state index contributed by atoms with van der Waals surface area (Å²) in [6.45, 7) is 2.30. The number of aromatic nitrogens is 1. The van der Waals surface area contributed by atoms with E-state index in [0.29, 0.717) is 12.2 Å². The second-order valence-corrected chi connectivity index (χ2v) is 5.79. The number of aromatic amines is 1. The van der Waals surface area contributed by atoms with Crippen LogP contribution < -0.4 is 0 Å². The van der Waals surface area contributed by atoms with Crippen LogP contribution in [0.4, 0.5) is 0 Å². The smallest absolute Gasteiger partial charge is 0.339 e. The minimum absolute atomic E-state index is 0.254. The van der Waals surface area contributed by atoms with Crippen LogP contribution >= 0.6 is 0 Å². The molecule has 3 nitrogen and oxygen atoms in total. The molecule has 1 N–H and O–H groups in total. The SMILES string of the molecule is C/C=C\c1[nH]c2ccccc2c1/C=C1\COC(=O)c2ccccc21. The minimum Gasteiger partial charge on any atom is -0.457 e. The van der Waals surface area contributed by atoms with Crippen LogP contribution in [0.3, 0.4) is 0 Å². The number of fused-ring (bicyclic) bond motifs is 2. The standard InChI is InChI=1S/C21H17NO2/c1-2-7-19-18(16-9-5-6-11-20(16)22-19)12-14-13-24-21(23)17-10-4-3-8-15(14)17/h2-12,22H,13H2,1H3/b7-2-,14-12+. The molecule has 3 heteroatoms. The van der Waals surface area contributed by atoms with E-state index in [1.54, 1.807) is 0 Å². The summed E-state index contributed by atoms with van der Waals surface area (Å²) >= 11 is 0. The number of esters is 1. The molecule has 0 saturated carbocycles. The maximum atomic E-state index is 11.9. The highest BCUT2D eigenvalue weighted by molar-refractivity contribution is 6.04. The second kappa shape index (κ2) is 5.85. The predicted molar refractivity (Wildman–Crippen MR) is 97.6 cm³/mol. The van der Waals surface area contributed by atoms with Crippen LogP contribution in [0.2, 0.25) is 0 Å². The van der Waals surface area contributed by atoms with Crippen molar-refractivity contribution in [2.24, 2.45) is 0 Å². The molecule has 0 fully saturated rings. The van der Waals surface area contributed by atoms with Crippen molar-refractivity contribution in [3.8, 4) is 0 Å². The Balaban J connectivity index is 1.93. The van der Waals surface area contributed by atoms with Gasteiger partial charge in [0.1, 0.15) is 6.61 Å². The number of hydrogen-bond donors (Lipinski definition) is 1. The van der Waals surface area contributed by atoms with E-state index in [1.807, 2.05) is 49.4 Å². The molecular weight excluding hydrogens is 298 g/mol. The van der Waals surface area contributed by atoms with Crippen LogP contribution in [0.5, 0.6) is 0 Å². The van der Waals surface area contributed by atoms with Crippen LogP contribution in [0.1, 0.15) is 34.1 Å². The molecule has 2 heterocycles. The van der Waals surface area contributed by atoms with E-state index in [0.717, 1.165) is 33.3 Å². The molecule has 1 aliphatic heterocycles. The van der Waals surface area contributed by atoms with Crippen molar-refractivity contribution < 1.29 is 9.53 Å². The van der Waals surface area contributed by atoms with Crippen LogP contribution in [0.25, 0.3) is 28.6 Å². The third-order valence-electron chi connectivity index (χ3n) is 4.28. The number of benzene rings is 2. The lowest BCUT2D eigenvalue weighted by Crippen LogP contribution is -2.16. The molecule has 1 aromatic heterocycles. The fourth-order valence-electron chi connectivity index (χ4n) is 3.17. The molecule has 0 unspecified atom stereocenters. The van der Waals surface area contributed by atoms with Crippen molar-refractivity contribution in [2.45, 2.75) is 6.92 Å². The Labute approximate surface area is 140 Å². The lowest BCUT2D eigenvalue weighted by atomic mass is 9.95. The van der Waals surface area contributed by atoms with E-state index >= 15 is 0 Å². The van der Waals surface area contributed by atoms with Gasteiger partial charge in [-0.1, -0.05) is 42.5 Å². The minimum atomic E-state index is -0.254. The Morgan fingerprint density at radius 2 is 1.79 bits per heavy atom. The van der Waals surface area contributed by atoms with E-state index in [1.165, 1.54) is 0 Å². The Morgan fingerprint density at radius 1 is 1.04 bits per heavy atom. The van der Waals surface area contributed by atoms with Gasteiger partial charge in [-0.2, -0.15) is 0 Å². The molecule has 0 saturated heterocycles. The van der Waals surface area contributed by atoms with Crippen LogP contribution in [-0.4, -0.2) is 17.6 Å². The summed E-state index contributed by atoms with van der Waals surface area (Å²) in [5.41, 5.74) is 5.86. The van der Waals surface area contributed by atoms with E-state index in [-0.39, 0.29) is 5.97 Å². The van der Waals surface area contributed by atoms with E-state index in [9.17, 15) is 4.79 Å². The maximum absolute atomic E-state index is 11.9. The average molecular weight is 315 g/mol. The molecule has 3 aromatic rings. The second-order valence-electron chi connectivity index (χ2n) is 5.79. The highest BCUT2D eigenvalue weighted by Gasteiger charge is 2.22. The highest BCUT2D eigenvalue weighted by atomic mass is 16.5. The van der Waals surface area contributed by atoms with Gasteiger partial charge in [-0.05, 0) is 42.3 Å². The van der Waals surface area contributed by atoms with Crippen LogP contribution in [0, 0.1) is 0 Å². The first-order valence-electron chi connectivity index (χ1n) is 7.98. The van der Waals surface area contributed by atoms with Crippen molar-refractivity contribution in [3.05, 3.63) is 77.0 Å². The normalized spacial score (nSPS) is 15.9. The van der Waals surface area contributed by atoms with Gasteiger partial charge in [0.2, 0.25) is 0 Å². The van der Waals surface area contributed by atoms with Crippen molar-refractivity contribution in [1.82, 2.24) is 4.98 Å². The number of H-pyrrole nitrogens is 1. The van der Waals surface area contributed by atoms with Gasteiger partial charge < -0.3 is 9.72 Å². The van der Waals surface area contributed by atoms with Gasteiger partial charge in [0.15, 0.2) is 0 Å². The molecule has 0 spiro atoms. The third-order valence-corrected chi connectivity index (χ3v) is 4.28. The zero-order valence-corrected chi connectivity index (χ0v) is 13.4. The van der Waals surface area contributed by atoms with Gasteiger partial charge in [0.25, 0.3) is 0 Å². The lowest BCUT2D eigenvalue weighted by molar-refractivity contribution is 0.0544.